The van der Waals surface area contributed by atoms with E-state index in [9.17, 15) is 9.59 Å². The Morgan fingerprint density at radius 1 is 1.24 bits per heavy atom. The largest absolute Gasteiger partial charge is 0.481 e. The highest BCUT2D eigenvalue weighted by Gasteiger charge is 2.27. The molecule has 1 fully saturated rings. The average molecular weight is 293 g/mol. The Balaban J connectivity index is 1.93. The number of aryl methyl sites for hydroxylation is 2. The van der Waals surface area contributed by atoms with Gasteiger partial charge in [-0.15, -0.1) is 0 Å². The van der Waals surface area contributed by atoms with Crippen molar-refractivity contribution in [2.24, 2.45) is 5.92 Å². The minimum Gasteiger partial charge on any atom is -0.481 e. The zero-order valence-corrected chi connectivity index (χ0v) is 12.6. The zero-order valence-electron chi connectivity index (χ0n) is 12.6. The maximum atomic E-state index is 12.2. The van der Waals surface area contributed by atoms with E-state index in [0.29, 0.717) is 31.4 Å². The third kappa shape index (κ3) is 3.65. The highest BCUT2D eigenvalue weighted by Crippen LogP contribution is 2.25. The van der Waals surface area contributed by atoms with Gasteiger partial charge in [0.15, 0.2) is 5.76 Å². The molecule has 1 heterocycles. The summed E-state index contributed by atoms with van der Waals surface area (Å²) >= 11 is 0. The molecule has 0 bridgehead atoms. The molecule has 0 aliphatic heterocycles. The summed E-state index contributed by atoms with van der Waals surface area (Å²) in [4.78, 5) is 23.1. The number of hydrogen-bond acceptors (Lipinski definition) is 3. The van der Waals surface area contributed by atoms with Crippen LogP contribution in [-0.4, -0.2) is 23.0 Å². The van der Waals surface area contributed by atoms with E-state index in [-0.39, 0.29) is 17.9 Å². The van der Waals surface area contributed by atoms with E-state index >= 15 is 0 Å². The van der Waals surface area contributed by atoms with Gasteiger partial charge < -0.3 is 14.8 Å². The summed E-state index contributed by atoms with van der Waals surface area (Å²) in [6, 6.07) is 1.87. The SMILES string of the molecule is CCc1cc(C(=O)NC2CCC(C(=O)O)CC2)oc1CC. The van der Waals surface area contributed by atoms with Gasteiger partial charge in [-0.3, -0.25) is 9.59 Å². The van der Waals surface area contributed by atoms with Gasteiger partial charge in [0, 0.05) is 12.5 Å². The molecule has 0 saturated heterocycles. The van der Waals surface area contributed by atoms with Gasteiger partial charge >= 0.3 is 5.97 Å². The van der Waals surface area contributed by atoms with Crippen molar-refractivity contribution in [3.05, 3.63) is 23.2 Å². The van der Waals surface area contributed by atoms with Crippen molar-refractivity contribution in [3.8, 4) is 0 Å². The molecule has 1 aliphatic rings. The van der Waals surface area contributed by atoms with Crippen molar-refractivity contribution >= 4 is 11.9 Å². The molecule has 0 atom stereocenters. The molecule has 2 N–H and O–H groups in total. The predicted octanol–water partition coefficient (Wildman–Crippen LogP) is 2.78. The van der Waals surface area contributed by atoms with E-state index in [1.54, 1.807) is 0 Å². The molecule has 0 aromatic carbocycles. The second kappa shape index (κ2) is 6.78. The minimum atomic E-state index is -0.731. The number of furan rings is 1. The molecule has 1 saturated carbocycles. The monoisotopic (exact) mass is 293 g/mol. The molecule has 1 amide bonds. The molecule has 1 aliphatic carbocycles. The van der Waals surface area contributed by atoms with Crippen LogP contribution in [0.25, 0.3) is 0 Å². The number of hydrogen-bond donors (Lipinski definition) is 2. The average Bonchev–Trinajstić information content (AvgIpc) is 2.91. The summed E-state index contributed by atoms with van der Waals surface area (Å²) < 4.78 is 5.61. The topological polar surface area (TPSA) is 79.5 Å². The summed E-state index contributed by atoms with van der Waals surface area (Å²) in [5.41, 5.74) is 1.08. The van der Waals surface area contributed by atoms with Crippen LogP contribution in [0.4, 0.5) is 0 Å². The Bertz CT molecular complexity index is 491. The Morgan fingerprint density at radius 2 is 1.90 bits per heavy atom. The van der Waals surface area contributed by atoms with Crippen LogP contribution < -0.4 is 5.32 Å². The van der Waals surface area contributed by atoms with Crippen molar-refractivity contribution in [1.82, 2.24) is 5.32 Å². The van der Waals surface area contributed by atoms with E-state index in [1.165, 1.54) is 0 Å². The minimum absolute atomic E-state index is 0.0494. The molecule has 0 unspecified atom stereocenters. The summed E-state index contributed by atoms with van der Waals surface area (Å²) in [6.45, 7) is 4.05. The van der Waals surface area contributed by atoms with Gasteiger partial charge in [0.05, 0.1) is 5.92 Å². The molecule has 5 nitrogen and oxygen atoms in total. The van der Waals surface area contributed by atoms with Crippen LogP contribution in [0.15, 0.2) is 10.5 Å². The smallest absolute Gasteiger partial charge is 0.306 e. The predicted molar refractivity (Wildman–Crippen MR) is 78.3 cm³/mol. The molecule has 116 valence electrons. The van der Waals surface area contributed by atoms with Crippen LogP contribution in [0.5, 0.6) is 0 Å². The van der Waals surface area contributed by atoms with E-state index in [1.807, 2.05) is 19.9 Å². The van der Waals surface area contributed by atoms with Crippen LogP contribution >= 0.6 is 0 Å². The standard InChI is InChI=1S/C16H23NO4/c1-3-10-9-14(21-13(10)4-2)15(18)17-12-7-5-11(6-8-12)16(19)20/h9,11-12H,3-8H2,1-2H3,(H,17,18)(H,19,20). The fourth-order valence-corrected chi connectivity index (χ4v) is 2.92. The van der Waals surface area contributed by atoms with Crippen molar-refractivity contribution in [2.45, 2.75) is 58.4 Å². The van der Waals surface area contributed by atoms with Gasteiger partial charge in [-0.1, -0.05) is 13.8 Å². The second-order valence-electron chi connectivity index (χ2n) is 5.63. The maximum Gasteiger partial charge on any atom is 0.306 e. The number of rotatable bonds is 5. The number of carboxylic acids is 1. The first kappa shape index (κ1) is 15.6. The van der Waals surface area contributed by atoms with E-state index in [2.05, 4.69) is 5.32 Å². The van der Waals surface area contributed by atoms with Gasteiger partial charge in [0.2, 0.25) is 0 Å². The molecule has 0 spiro atoms. The number of carbonyl (C=O) groups is 2. The normalized spacial score (nSPS) is 22.0. The maximum absolute atomic E-state index is 12.2. The molecular weight excluding hydrogens is 270 g/mol. The zero-order chi connectivity index (χ0) is 15.4. The van der Waals surface area contributed by atoms with Crippen LogP contribution in [0.3, 0.4) is 0 Å². The number of nitrogens with one attached hydrogen (secondary N) is 1. The highest BCUT2D eigenvalue weighted by atomic mass is 16.4. The molecule has 5 heteroatoms. The van der Waals surface area contributed by atoms with E-state index < -0.39 is 5.97 Å². The summed E-state index contributed by atoms with van der Waals surface area (Å²) in [5.74, 6) is 0.0515. The Hall–Kier alpha value is -1.78. The first-order chi connectivity index (χ1) is 10.0. The molecule has 21 heavy (non-hydrogen) atoms. The van der Waals surface area contributed by atoms with Crippen LogP contribution in [0.2, 0.25) is 0 Å². The van der Waals surface area contributed by atoms with Crippen molar-refractivity contribution in [1.29, 1.82) is 0 Å². The second-order valence-corrected chi connectivity index (χ2v) is 5.63. The fourth-order valence-electron chi connectivity index (χ4n) is 2.92. The quantitative estimate of drug-likeness (QED) is 0.875. The van der Waals surface area contributed by atoms with Gasteiger partial charge in [0.25, 0.3) is 5.91 Å². The fraction of sp³-hybridized carbons (Fsp3) is 0.625. The molecule has 2 rings (SSSR count). The van der Waals surface area contributed by atoms with E-state index in [0.717, 1.165) is 24.2 Å². The van der Waals surface area contributed by atoms with Crippen molar-refractivity contribution in [3.63, 3.8) is 0 Å². The first-order valence-electron chi connectivity index (χ1n) is 7.70. The summed E-state index contributed by atoms with van der Waals surface area (Å²) in [6.07, 6.45) is 4.30. The molecular formula is C16H23NO4. The lowest BCUT2D eigenvalue weighted by Gasteiger charge is -2.26. The van der Waals surface area contributed by atoms with Gasteiger partial charge in [0.1, 0.15) is 5.76 Å². The lowest BCUT2D eigenvalue weighted by Crippen LogP contribution is -2.38. The first-order valence-corrected chi connectivity index (χ1v) is 7.70. The van der Waals surface area contributed by atoms with Crippen molar-refractivity contribution < 1.29 is 19.1 Å². The Morgan fingerprint density at radius 3 is 2.38 bits per heavy atom. The molecule has 1 aromatic heterocycles. The summed E-state index contributed by atoms with van der Waals surface area (Å²) in [7, 11) is 0. The number of aliphatic carboxylic acids is 1. The lowest BCUT2D eigenvalue weighted by atomic mass is 9.86. The number of amides is 1. The molecule has 0 radical (unpaired) electrons. The van der Waals surface area contributed by atoms with Crippen LogP contribution in [0.1, 0.15) is 61.4 Å². The summed E-state index contributed by atoms with van der Waals surface area (Å²) in [5, 5.41) is 11.9. The highest BCUT2D eigenvalue weighted by molar-refractivity contribution is 5.92. The van der Waals surface area contributed by atoms with E-state index in [4.69, 9.17) is 9.52 Å². The van der Waals surface area contributed by atoms with Crippen molar-refractivity contribution in [2.75, 3.05) is 0 Å². The van der Waals surface area contributed by atoms with Crippen LogP contribution in [0, 0.1) is 5.92 Å². The number of carboxylic acid groups (broad SMARTS) is 1. The number of carbonyl (C=O) groups excluding carboxylic acids is 1. The van der Waals surface area contributed by atoms with Gasteiger partial charge in [-0.05, 0) is 43.7 Å². The van der Waals surface area contributed by atoms with Gasteiger partial charge in [-0.2, -0.15) is 0 Å². The third-order valence-corrected chi connectivity index (χ3v) is 4.23. The lowest BCUT2D eigenvalue weighted by molar-refractivity contribution is -0.142. The third-order valence-electron chi connectivity index (χ3n) is 4.23. The Kier molecular flexibility index (Phi) is 5.04. The van der Waals surface area contributed by atoms with Crippen LogP contribution in [-0.2, 0) is 17.6 Å². The Labute approximate surface area is 124 Å². The van der Waals surface area contributed by atoms with Gasteiger partial charge in [-0.25, -0.2) is 0 Å². The molecule has 1 aromatic rings.